The number of rotatable bonds is 6. The summed E-state index contributed by atoms with van der Waals surface area (Å²) in [4.78, 5) is 15.4. The molecular formula is C26H32N4O2. The first-order chi connectivity index (χ1) is 15.6. The van der Waals surface area contributed by atoms with E-state index in [4.69, 9.17) is 4.74 Å². The third kappa shape index (κ3) is 4.86. The summed E-state index contributed by atoms with van der Waals surface area (Å²) in [6, 6.07) is 18.5. The fourth-order valence-corrected chi connectivity index (χ4v) is 4.57. The van der Waals surface area contributed by atoms with Gasteiger partial charge in [-0.2, -0.15) is 5.10 Å². The summed E-state index contributed by atoms with van der Waals surface area (Å²) in [6.45, 7) is 5.22. The molecule has 4 rings (SSSR count). The molecule has 0 bridgehead atoms. The zero-order chi connectivity index (χ0) is 22.5. The lowest BCUT2D eigenvalue weighted by Gasteiger charge is -2.29. The summed E-state index contributed by atoms with van der Waals surface area (Å²) in [6.07, 6.45) is 4.55. The molecule has 6 heteroatoms. The Labute approximate surface area is 190 Å². The van der Waals surface area contributed by atoms with Crippen LogP contribution in [0.25, 0.3) is 5.69 Å². The van der Waals surface area contributed by atoms with Crippen molar-refractivity contribution in [1.29, 1.82) is 0 Å². The van der Waals surface area contributed by atoms with Crippen LogP contribution in [0.4, 0.5) is 5.69 Å². The van der Waals surface area contributed by atoms with E-state index in [9.17, 15) is 4.79 Å². The van der Waals surface area contributed by atoms with Crippen LogP contribution in [0.3, 0.4) is 0 Å². The standard InChI is InChI=1S/C26H32N4O2/c1-19-26(20(2)30(28-19)22-10-6-4-7-11-22)27-25(31)18-29-17-9-5-8-12-24(29)21-13-15-23(32-3)16-14-21/h4,6-7,10-11,13-16,24H,5,8-9,12,17-18H2,1-3H3,(H,27,31)/t24-/m1/s1. The van der Waals surface area contributed by atoms with Gasteiger partial charge in [0.05, 0.1) is 36.4 Å². The molecule has 0 radical (unpaired) electrons. The molecule has 0 saturated carbocycles. The normalized spacial score (nSPS) is 17.0. The number of amides is 1. The Kier molecular flexibility index (Phi) is 6.90. The number of nitrogens with zero attached hydrogens (tertiary/aromatic N) is 3. The fourth-order valence-electron chi connectivity index (χ4n) is 4.57. The fraction of sp³-hybridized carbons (Fsp3) is 0.385. The van der Waals surface area contributed by atoms with Gasteiger partial charge in [0.1, 0.15) is 5.75 Å². The molecule has 2 aromatic carbocycles. The number of aryl methyl sites for hydroxylation is 1. The number of ether oxygens (including phenoxy) is 1. The summed E-state index contributed by atoms with van der Waals surface area (Å²) in [7, 11) is 1.68. The molecule has 0 aliphatic carbocycles. The van der Waals surface area contributed by atoms with Crippen molar-refractivity contribution >= 4 is 11.6 Å². The molecule has 1 fully saturated rings. The first-order valence-electron chi connectivity index (χ1n) is 11.4. The summed E-state index contributed by atoms with van der Waals surface area (Å²) in [5.74, 6) is 0.859. The van der Waals surface area contributed by atoms with Crippen molar-refractivity contribution in [3.05, 3.63) is 71.5 Å². The number of hydrogen-bond acceptors (Lipinski definition) is 4. The van der Waals surface area contributed by atoms with Crippen LogP contribution >= 0.6 is 0 Å². The quantitative estimate of drug-likeness (QED) is 0.592. The van der Waals surface area contributed by atoms with Crippen LogP contribution < -0.4 is 10.1 Å². The van der Waals surface area contributed by atoms with Crippen LogP contribution in [0.1, 0.15) is 48.7 Å². The van der Waals surface area contributed by atoms with Crippen molar-refractivity contribution < 1.29 is 9.53 Å². The van der Waals surface area contributed by atoms with Gasteiger partial charge in [-0.1, -0.05) is 43.2 Å². The van der Waals surface area contributed by atoms with Crippen LogP contribution in [0.2, 0.25) is 0 Å². The molecule has 3 aromatic rings. The van der Waals surface area contributed by atoms with E-state index in [1.807, 2.05) is 61.0 Å². The number of carbonyl (C=O) groups is 1. The number of methoxy groups -OCH3 is 1. The minimum atomic E-state index is 0.00391. The van der Waals surface area contributed by atoms with E-state index >= 15 is 0 Å². The monoisotopic (exact) mass is 432 g/mol. The van der Waals surface area contributed by atoms with Gasteiger partial charge in [0.2, 0.25) is 5.91 Å². The zero-order valence-electron chi connectivity index (χ0n) is 19.2. The molecule has 6 nitrogen and oxygen atoms in total. The predicted molar refractivity (Wildman–Crippen MR) is 127 cm³/mol. The summed E-state index contributed by atoms with van der Waals surface area (Å²) >= 11 is 0. The third-order valence-electron chi connectivity index (χ3n) is 6.27. The Morgan fingerprint density at radius 1 is 1.06 bits per heavy atom. The van der Waals surface area contributed by atoms with Crippen molar-refractivity contribution in [2.24, 2.45) is 0 Å². The highest BCUT2D eigenvalue weighted by Crippen LogP contribution is 2.31. The molecule has 1 aromatic heterocycles. The Morgan fingerprint density at radius 2 is 1.81 bits per heavy atom. The van der Waals surface area contributed by atoms with E-state index in [1.54, 1.807) is 7.11 Å². The van der Waals surface area contributed by atoms with Gasteiger partial charge in [0.25, 0.3) is 0 Å². The molecule has 0 spiro atoms. The van der Waals surface area contributed by atoms with Gasteiger partial charge in [0, 0.05) is 6.04 Å². The van der Waals surface area contributed by atoms with Crippen LogP contribution in [0.5, 0.6) is 5.75 Å². The Morgan fingerprint density at radius 3 is 2.53 bits per heavy atom. The van der Waals surface area contributed by atoms with Gasteiger partial charge >= 0.3 is 0 Å². The maximum atomic E-state index is 13.1. The number of likely N-dealkylation sites (tertiary alicyclic amines) is 1. The van der Waals surface area contributed by atoms with E-state index in [1.165, 1.54) is 18.4 Å². The second-order valence-electron chi connectivity index (χ2n) is 8.45. The molecule has 1 N–H and O–H groups in total. The van der Waals surface area contributed by atoms with Gasteiger partial charge in [-0.3, -0.25) is 9.69 Å². The molecule has 1 amide bonds. The average molecular weight is 433 g/mol. The number of para-hydroxylation sites is 1. The van der Waals surface area contributed by atoms with Crippen LogP contribution in [-0.2, 0) is 4.79 Å². The average Bonchev–Trinajstić information content (AvgIpc) is 2.97. The largest absolute Gasteiger partial charge is 0.497 e. The van der Waals surface area contributed by atoms with E-state index in [0.29, 0.717) is 6.54 Å². The van der Waals surface area contributed by atoms with Crippen molar-refractivity contribution in [3.63, 3.8) is 0 Å². The van der Waals surface area contributed by atoms with E-state index < -0.39 is 0 Å². The molecule has 1 aliphatic rings. The zero-order valence-corrected chi connectivity index (χ0v) is 19.2. The van der Waals surface area contributed by atoms with Crippen molar-refractivity contribution in [3.8, 4) is 11.4 Å². The topological polar surface area (TPSA) is 59.4 Å². The molecule has 1 aliphatic heterocycles. The minimum absolute atomic E-state index is 0.00391. The first kappa shape index (κ1) is 22.1. The minimum Gasteiger partial charge on any atom is -0.497 e. The molecule has 32 heavy (non-hydrogen) atoms. The molecule has 168 valence electrons. The predicted octanol–water partition coefficient (Wildman–Crippen LogP) is 5.05. The summed E-state index contributed by atoms with van der Waals surface area (Å²) in [5.41, 5.74) is 4.78. The number of nitrogens with one attached hydrogen (secondary N) is 1. The smallest absolute Gasteiger partial charge is 0.238 e. The molecule has 0 unspecified atom stereocenters. The highest BCUT2D eigenvalue weighted by Gasteiger charge is 2.25. The van der Waals surface area contributed by atoms with E-state index in [0.717, 1.165) is 47.9 Å². The first-order valence-corrected chi connectivity index (χ1v) is 11.4. The maximum absolute atomic E-state index is 13.1. The van der Waals surface area contributed by atoms with Gasteiger partial charge in [-0.15, -0.1) is 0 Å². The summed E-state index contributed by atoms with van der Waals surface area (Å²) in [5, 5.41) is 7.79. The highest BCUT2D eigenvalue weighted by molar-refractivity contribution is 5.93. The van der Waals surface area contributed by atoms with Crippen LogP contribution in [-0.4, -0.2) is 40.8 Å². The van der Waals surface area contributed by atoms with Gasteiger partial charge in [-0.05, 0) is 63.1 Å². The molecule has 1 atom stereocenters. The second kappa shape index (κ2) is 10.0. The molecule has 2 heterocycles. The SMILES string of the molecule is COc1ccc([C@H]2CCCCCN2CC(=O)Nc2c(C)nn(-c3ccccc3)c2C)cc1. The molecular weight excluding hydrogens is 400 g/mol. The van der Waals surface area contributed by atoms with Crippen molar-refractivity contribution in [2.45, 2.75) is 45.6 Å². The van der Waals surface area contributed by atoms with Gasteiger partial charge in [0.15, 0.2) is 0 Å². The van der Waals surface area contributed by atoms with Gasteiger partial charge in [-0.25, -0.2) is 4.68 Å². The Bertz CT molecular complexity index is 1040. The Balaban J connectivity index is 1.50. The summed E-state index contributed by atoms with van der Waals surface area (Å²) < 4.78 is 7.20. The Hall–Kier alpha value is -3.12. The van der Waals surface area contributed by atoms with Crippen LogP contribution in [0.15, 0.2) is 54.6 Å². The second-order valence-corrected chi connectivity index (χ2v) is 8.45. The number of carbonyl (C=O) groups excluding carboxylic acids is 1. The number of hydrogen-bond donors (Lipinski definition) is 1. The lowest BCUT2D eigenvalue weighted by Crippen LogP contribution is -2.36. The number of benzene rings is 2. The molecule has 1 saturated heterocycles. The van der Waals surface area contributed by atoms with E-state index in [-0.39, 0.29) is 11.9 Å². The maximum Gasteiger partial charge on any atom is 0.238 e. The number of anilines is 1. The lowest BCUT2D eigenvalue weighted by molar-refractivity contribution is -0.117. The van der Waals surface area contributed by atoms with Crippen LogP contribution in [0, 0.1) is 13.8 Å². The number of aromatic nitrogens is 2. The lowest BCUT2D eigenvalue weighted by atomic mass is 10.0. The third-order valence-corrected chi connectivity index (χ3v) is 6.27. The van der Waals surface area contributed by atoms with Crippen molar-refractivity contribution in [2.75, 3.05) is 25.5 Å². The van der Waals surface area contributed by atoms with E-state index in [2.05, 4.69) is 27.4 Å². The van der Waals surface area contributed by atoms with Gasteiger partial charge < -0.3 is 10.1 Å². The highest BCUT2D eigenvalue weighted by atomic mass is 16.5. The van der Waals surface area contributed by atoms with Crippen molar-refractivity contribution in [1.82, 2.24) is 14.7 Å².